The summed E-state index contributed by atoms with van der Waals surface area (Å²) in [5.41, 5.74) is 0.682. The van der Waals surface area contributed by atoms with Crippen LogP contribution in [0.5, 0.6) is 0 Å². The zero-order valence-corrected chi connectivity index (χ0v) is 9.37. The van der Waals surface area contributed by atoms with Crippen molar-refractivity contribution in [2.45, 2.75) is 18.6 Å². The maximum Gasteiger partial charge on any atom is 0.244 e. The second kappa shape index (κ2) is 3.94. The number of nitrogens with one attached hydrogen (secondary N) is 1. The number of aryl methyl sites for hydroxylation is 1. The molecule has 1 saturated heterocycles. The number of aliphatic hydroxyl groups is 1. The molecule has 0 saturated carbocycles. The van der Waals surface area contributed by atoms with Crippen LogP contribution in [0.4, 0.5) is 0 Å². The van der Waals surface area contributed by atoms with E-state index in [1.54, 1.807) is 4.68 Å². The summed E-state index contributed by atoms with van der Waals surface area (Å²) in [6, 6.07) is 1.76. The number of rotatable bonds is 2. The molecule has 1 aliphatic rings. The van der Waals surface area contributed by atoms with Crippen molar-refractivity contribution in [3.63, 3.8) is 0 Å². The third kappa shape index (κ3) is 1.94. The van der Waals surface area contributed by atoms with E-state index in [1.165, 1.54) is 0 Å². The Morgan fingerprint density at radius 2 is 2.47 bits per heavy atom. The molecule has 0 aliphatic carbocycles. The summed E-state index contributed by atoms with van der Waals surface area (Å²) in [5, 5.41) is 20.6. The van der Waals surface area contributed by atoms with Crippen LogP contribution in [0.25, 0.3) is 11.5 Å². The molecule has 0 radical (unpaired) electrons. The monoisotopic (exact) mass is 235 g/mol. The van der Waals surface area contributed by atoms with Gasteiger partial charge in [0.05, 0.1) is 12.1 Å². The maximum atomic E-state index is 9.42. The number of hydrogen-bond donors (Lipinski definition) is 2. The summed E-state index contributed by atoms with van der Waals surface area (Å²) in [5.74, 6) is 0.978. The number of aliphatic hydroxyl groups excluding tert-OH is 1. The van der Waals surface area contributed by atoms with Crippen molar-refractivity contribution in [1.29, 1.82) is 0 Å². The summed E-state index contributed by atoms with van der Waals surface area (Å²) in [4.78, 5) is 4.28. The molecular weight excluding hydrogens is 222 g/mol. The lowest BCUT2D eigenvalue weighted by Gasteiger charge is -2.01. The molecule has 2 aromatic rings. The van der Waals surface area contributed by atoms with Crippen LogP contribution in [0.3, 0.4) is 0 Å². The second-order valence-electron chi connectivity index (χ2n) is 4.18. The lowest BCUT2D eigenvalue weighted by Crippen LogP contribution is -2.15. The van der Waals surface area contributed by atoms with Gasteiger partial charge in [-0.1, -0.05) is 5.16 Å². The molecular formula is C10H13N5O2. The Kier molecular flexibility index (Phi) is 2.41. The molecule has 90 valence electrons. The molecule has 2 N–H and O–H groups in total. The Labute approximate surface area is 97.4 Å². The third-order valence-corrected chi connectivity index (χ3v) is 2.79. The van der Waals surface area contributed by atoms with E-state index in [0.717, 1.165) is 0 Å². The fourth-order valence-electron chi connectivity index (χ4n) is 1.92. The lowest BCUT2D eigenvalue weighted by atomic mass is 10.2. The summed E-state index contributed by atoms with van der Waals surface area (Å²) in [7, 11) is 1.83. The molecule has 7 heteroatoms. The largest absolute Gasteiger partial charge is 0.392 e. The van der Waals surface area contributed by atoms with Crippen LogP contribution in [0.2, 0.25) is 0 Å². The third-order valence-electron chi connectivity index (χ3n) is 2.79. The van der Waals surface area contributed by atoms with E-state index >= 15 is 0 Å². The first-order valence-electron chi connectivity index (χ1n) is 5.47. The van der Waals surface area contributed by atoms with Crippen molar-refractivity contribution in [3.05, 3.63) is 18.2 Å². The highest BCUT2D eigenvalue weighted by Crippen LogP contribution is 2.23. The van der Waals surface area contributed by atoms with E-state index in [-0.39, 0.29) is 12.1 Å². The second-order valence-corrected chi connectivity index (χ2v) is 4.18. The van der Waals surface area contributed by atoms with Gasteiger partial charge in [0.1, 0.15) is 5.69 Å². The summed E-state index contributed by atoms with van der Waals surface area (Å²) in [6.45, 7) is 0.561. The van der Waals surface area contributed by atoms with Crippen LogP contribution in [-0.4, -0.2) is 37.7 Å². The van der Waals surface area contributed by atoms with Crippen LogP contribution >= 0.6 is 0 Å². The number of β-amino-alcohol motifs (C(OH)–C–C–N with tert-alkyl or cyclic N) is 1. The zero-order valence-electron chi connectivity index (χ0n) is 9.37. The molecule has 0 spiro atoms. The molecule has 0 aromatic carbocycles. The van der Waals surface area contributed by atoms with Crippen molar-refractivity contribution >= 4 is 0 Å². The van der Waals surface area contributed by atoms with Crippen LogP contribution in [0, 0.1) is 0 Å². The highest BCUT2D eigenvalue weighted by atomic mass is 16.5. The van der Waals surface area contributed by atoms with Crippen molar-refractivity contribution in [3.8, 4) is 11.5 Å². The van der Waals surface area contributed by atoms with E-state index in [4.69, 9.17) is 4.52 Å². The molecule has 1 fully saturated rings. The van der Waals surface area contributed by atoms with Gasteiger partial charge >= 0.3 is 0 Å². The molecule has 0 amide bonds. The SMILES string of the molecule is Cn1ccc(-c2noc([C@H]3C[C@@H](O)CN3)n2)n1. The number of hydrogen-bond acceptors (Lipinski definition) is 6. The number of aromatic nitrogens is 4. The minimum Gasteiger partial charge on any atom is -0.392 e. The van der Waals surface area contributed by atoms with E-state index in [2.05, 4.69) is 20.6 Å². The predicted octanol–water partition coefficient (Wildman–Crippen LogP) is -0.135. The van der Waals surface area contributed by atoms with Gasteiger partial charge in [0.15, 0.2) is 0 Å². The molecule has 1 aliphatic heterocycles. The van der Waals surface area contributed by atoms with E-state index in [9.17, 15) is 5.11 Å². The van der Waals surface area contributed by atoms with Crippen molar-refractivity contribution in [2.24, 2.45) is 7.05 Å². The first kappa shape index (κ1) is 10.4. The lowest BCUT2D eigenvalue weighted by molar-refractivity contribution is 0.191. The van der Waals surface area contributed by atoms with Crippen molar-refractivity contribution < 1.29 is 9.63 Å². The zero-order chi connectivity index (χ0) is 11.8. The standard InChI is InChI=1S/C10H13N5O2/c1-15-3-2-7(13-15)9-12-10(17-14-9)8-4-6(16)5-11-8/h2-3,6,8,11,16H,4-5H2,1H3/t6-,8-/m1/s1. The van der Waals surface area contributed by atoms with Crippen LogP contribution in [0.15, 0.2) is 16.8 Å². The highest BCUT2D eigenvalue weighted by Gasteiger charge is 2.28. The Morgan fingerprint density at radius 1 is 1.59 bits per heavy atom. The normalized spacial score (nSPS) is 24.4. The van der Waals surface area contributed by atoms with Gasteiger partial charge in [0, 0.05) is 19.8 Å². The molecule has 7 nitrogen and oxygen atoms in total. The molecule has 3 rings (SSSR count). The predicted molar refractivity (Wildman–Crippen MR) is 57.9 cm³/mol. The van der Waals surface area contributed by atoms with Crippen molar-refractivity contribution in [1.82, 2.24) is 25.2 Å². The minimum absolute atomic E-state index is 0.0602. The molecule has 0 bridgehead atoms. The smallest absolute Gasteiger partial charge is 0.244 e. The molecule has 2 atom stereocenters. The molecule has 17 heavy (non-hydrogen) atoms. The van der Waals surface area contributed by atoms with Crippen LogP contribution < -0.4 is 5.32 Å². The average molecular weight is 235 g/mol. The molecule has 2 aromatic heterocycles. The first-order valence-corrected chi connectivity index (χ1v) is 5.47. The van der Waals surface area contributed by atoms with Gasteiger partial charge in [-0.05, 0) is 12.5 Å². The number of nitrogens with zero attached hydrogens (tertiary/aromatic N) is 4. The van der Waals surface area contributed by atoms with Gasteiger partial charge in [0.25, 0.3) is 0 Å². The minimum atomic E-state index is -0.342. The molecule has 3 heterocycles. The van der Waals surface area contributed by atoms with Gasteiger partial charge in [0.2, 0.25) is 11.7 Å². The Balaban J connectivity index is 1.83. The van der Waals surface area contributed by atoms with Gasteiger partial charge in [-0.25, -0.2) is 0 Å². The van der Waals surface area contributed by atoms with Gasteiger partial charge < -0.3 is 14.9 Å². The Bertz CT molecular complexity index is 520. The van der Waals surface area contributed by atoms with Gasteiger partial charge in [-0.15, -0.1) is 0 Å². The Morgan fingerprint density at radius 3 is 3.12 bits per heavy atom. The topological polar surface area (TPSA) is 89.0 Å². The first-order chi connectivity index (χ1) is 8.22. The highest BCUT2D eigenvalue weighted by molar-refractivity contribution is 5.46. The van der Waals surface area contributed by atoms with Crippen LogP contribution in [0.1, 0.15) is 18.4 Å². The van der Waals surface area contributed by atoms with Crippen LogP contribution in [-0.2, 0) is 7.05 Å². The average Bonchev–Trinajstić information content (AvgIpc) is 2.96. The van der Waals surface area contributed by atoms with Gasteiger partial charge in [-0.3, -0.25) is 4.68 Å². The summed E-state index contributed by atoms with van der Waals surface area (Å²) < 4.78 is 6.86. The summed E-state index contributed by atoms with van der Waals surface area (Å²) >= 11 is 0. The fourth-order valence-corrected chi connectivity index (χ4v) is 1.92. The summed E-state index contributed by atoms with van der Waals surface area (Å²) in [6.07, 6.45) is 2.08. The Hall–Kier alpha value is -1.73. The molecule has 0 unspecified atom stereocenters. The van der Waals surface area contributed by atoms with Gasteiger partial charge in [-0.2, -0.15) is 10.1 Å². The quantitative estimate of drug-likeness (QED) is 0.753. The maximum absolute atomic E-state index is 9.42. The van der Waals surface area contributed by atoms with E-state index in [0.29, 0.717) is 30.4 Å². The van der Waals surface area contributed by atoms with E-state index < -0.39 is 0 Å². The fraction of sp³-hybridized carbons (Fsp3) is 0.500. The van der Waals surface area contributed by atoms with Crippen molar-refractivity contribution in [2.75, 3.05) is 6.54 Å². The van der Waals surface area contributed by atoms with E-state index in [1.807, 2.05) is 19.3 Å².